The normalized spacial score (nSPS) is 17.4. The van der Waals surface area contributed by atoms with Crippen molar-refractivity contribution in [3.05, 3.63) is 0 Å². The van der Waals surface area contributed by atoms with Crippen molar-refractivity contribution in [1.29, 1.82) is 0 Å². The maximum Gasteiger partial charge on any atom is 0.139 e. The Labute approximate surface area is 62.9 Å². The minimum atomic E-state index is -0.658. The van der Waals surface area contributed by atoms with Crippen LogP contribution in [0, 0.1) is 0 Å². The molecule has 2 atom stereocenters. The van der Waals surface area contributed by atoms with Crippen molar-refractivity contribution in [3.8, 4) is 0 Å². The quantitative estimate of drug-likeness (QED) is 0.471. The molecule has 2 unspecified atom stereocenters. The third kappa shape index (κ3) is 2.75. The molecule has 0 rings (SSSR count). The van der Waals surface area contributed by atoms with Gasteiger partial charge in [0.25, 0.3) is 0 Å². The van der Waals surface area contributed by atoms with Gasteiger partial charge in [-0.2, -0.15) is 0 Å². The lowest BCUT2D eigenvalue weighted by Gasteiger charge is -2.03. The number of carbonyl (C=O) groups excluding carboxylic acids is 1. The molecular formula is C4H5Cl3O. The molecule has 0 aliphatic carbocycles. The highest BCUT2D eigenvalue weighted by Crippen LogP contribution is 2.08. The molecule has 0 saturated heterocycles. The van der Waals surface area contributed by atoms with Crippen LogP contribution in [-0.2, 0) is 4.79 Å². The van der Waals surface area contributed by atoms with Gasteiger partial charge in [0.1, 0.15) is 11.7 Å². The first kappa shape index (κ1) is 8.54. The maximum atomic E-state index is 9.83. The average Bonchev–Trinajstić information content (AvgIpc) is 1.84. The predicted molar refractivity (Wildman–Crippen MR) is 36.1 cm³/mol. The van der Waals surface area contributed by atoms with Crippen LogP contribution < -0.4 is 0 Å². The van der Waals surface area contributed by atoms with E-state index in [2.05, 4.69) is 0 Å². The second kappa shape index (κ2) is 4.42. The summed E-state index contributed by atoms with van der Waals surface area (Å²) in [6, 6.07) is 0. The van der Waals surface area contributed by atoms with Gasteiger partial charge in [0, 0.05) is 5.88 Å². The van der Waals surface area contributed by atoms with Gasteiger partial charge in [0.05, 0.1) is 5.38 Å². The van der Waals surface area contributed by atoms with Gasteiger partial charge in [0.2, 0.25) is 0 Å². The summed E-state index contributed by atoms with van der Waals surface area (Å²) >= 11 is 16.0. The zero-order valence-corrected chi connectivity index (χ0v) is 6.25. The van der Waals surface area contributed by atoms with Gasteiger partial charge in [-0.05, 0) is 0 Å². The summed E-state index contributed by atoms with van der Waals surface area (Å²) in [6.07, 6.45) is 0.571. The summed E-state index contributed by atoms with van der Waals surface area (Å²) in [6.45, 7) is 0. The van der Waals surface area contributed by atoms with Gasteiger partial charge in [-0.15, -0.1) is 34.8 Å². The lowest BCUT2D eigenvalue weighted by atomic mass is 10.3. The molecule has 0 heterocycles. The van der Waals surface area contributed by atoms with Crippen molar-refractivity contribution in [2.24, 2.45) is 0 Å². The first-order chi connectivity index (χ1) is 3.72. The third-order valence-corrected chi connectivity index (χ3v) is 2.08. The molecule has 0 aromatic heterocycles. The summed E-state index contributed by atoms with van der Waals surface area (Å²) < 4.78 is 0. The molecule has 0 amide bonds. The zero-order chi connectivity index (χ0) is 6.57. The van der Waals surface area contributed by atoms with Gasteiger partial charge in [-0.25, -0.2) is 0 Å². The van der Waals surface area contributed by atoms with E-state index >= 15 is 0 Å². The van der Waals surface area contributed by atoms with Crippen molar-refractivity contribution in [2.45, 2.75) is 10.8 Å². The Morgan fingerprint density at radius 1 is 1.50 bits per heavy atom. The highest BCUT2D eigenvalue weighted by atomic mass is 35.5. The van der Waals surface area contributed by atoms with Crippen molar-refractivity contribution >= 4 is 41.1 Å². The van der Waals surface area contributed by atoms with Crippen LogP contribution in [0.5, 0.6) is 0 Å². The summed E-state index contributed by atoms with van der Waals surface area (Å²) in [5, 5.41) is -1.11. The molecule has 4 heteroatoms. The molecule has 0 spiro atoms. The molecule has 0 aliphatic heterocycles. The highest BCUT2D eigenvalue weighted by Gasteiger charge is 2.13. The van der Waals surface area contributed by atoms with Crippen LogP contribution in [0.15, 0.2) is 0 Å². The van der Waals surface area contributed by atoms with Crippen LogP contribution in [0.3, 0.4) is 0 Å². The van der Waals surface area contributed by atoms with Crippen molar-refractivity contribution < 1.29 is 4.79 Å². The lowest BCUT2D eigenvalue weighted by Crippen LogP contribution is -2.17. The van der Waals surface area contributed by atoms with Crippen LogP contribution in [0.2, 0.25) is 0 Å². The average molecular weight is 175 g/mol. The van der Waals surface area contributed by atoms with Gasteiger partial charge < -0.3 is 4.79 Å². The molecule has 1 nitrogen and oxygen atoms in total. The second-order valence-corrected chi connectivity index (χ2v) is 2.62. The molecule has 0 aromatic rings. The van der Waals surface area contributed by atoms with Gasteiger partial charge in [-0.3, -0.25) is 0 Å². The molecule has 0 fully saturated rings. The molecule has 8 heavy (non-hydrogen) atoms. The first-order valence-corrected chi connectivity index (χ1v) is 3.42. The van der Waals surface area contributed by atoms with E-state index in [9.17, 15) is 4.79 Å². The molecule has 0 aliphatic rings. The Kier molecular flexibility index (Phi) is 4.72. The van der Waals surface area contributed by atoms with Crippen LogP contribution in [0.4, 0.5) is 0 Å². The van der Waals surface area contributed by atoms with E-state index in [1.807, 2.05) is 0 Å². The van der Waals surface area contributed by atoms with E-state index in [0.717, 1.165) is 0 Å². The number of alkyl halides is 3. The fourth-order valence-corrected chi connectivity index (χ4v) is 0.602. The minimum absolute atomic E-state index is 0.203. The number of carbonyl (C=O) groups is 1. The van der Waals surface area contributed by atoms with Gasteiger partial charge in [-0.1, -0.05) is 0 Å². The monoisotopic (exact) mass is 174 g/mol. The maximum absolute atomic E-state index is 9.83. The standard InChI is InChI=1S/C4H5Cl3O/c5-1-3(6)4(7)2-8/h2-4H,1H2. The molecule has 0 N–H and O–H groups in total. The first-order valence-electron chi connectivity index (χ1n) is 2.01. The fourth-order valence-electron chi connectivity index (χ4n) is 0.170. The third-order valence-electron chi connectivity index (χ3n) is 0.623. The minimum Gasteiger partial charge on any atom is -0.302 e. The number of aldehydes is 1. The largest absolute Gasteiger partial charge is 0.302 e. The number of rotatable bonds is 3. The number of hydrogen-bond acceptors (Lipinski definition) is 1. The molecule has 0 saturated carbocycles. The Bertz CT molecular complexity index is 75.7. The van der Waals surface area contributed by atoms with Gasteiger partial charge in [0.15, 0.2) is 0 Å². The fraction of sp³-hybridized carbons (Fsp3) is 0.750. The Morgan fingerprint density at radius 2 is 2.00 bits per heavy atom. The number of halogens is 3. The van der Waals surface area contributed by atoms with Crippen LogP contribution in [-0.4, -0.2) is 22.9 Å². The van der Waals surface area contributed by atoms with Crippen molar-refractivity contribution in [3.63, 3.8) is 0 Å². The van der Waals surface area contributed by atoms with E-state index in [1.165, 1.54) is 0 Å². The van der Waals surface area contributed by atoms with E-state index < -0.39 is 10.8 Å². The molecule has 0 bridgehead atoms. The zero-order valence-electron chi connectivity index (χ0n) is 3.98. The SMILES string of the molecule is O=CC(Cl)C(Cl)CCl. The Balaban J connectivity index is 3.44. The summed E-state index contributed by atoms with van der Waals surface area (Å²) in [7, 11) is 0. The van der Waals surface area contributed by atoms with Crippen molar-refractivity contribution in [1.82, 2.24) is 0 Å². The summed E-state index contributed by atoms with van der Waals surface area (Å²) in [5.74, 6) is 0.203. The highest BCUT2D eigenvalue weighted by molar-refractivity contribution is 6.37. The predicted octanol–water partition coefficient (Wildman–Crippen LogP) is 1.64. The molecular weight excluding hydrogens is 170 g/mol. The van der Waals surface area contributed by atoms with Crippen LogP contribution in [0.1, 0.15) is 0 Å². The van der Waals surface area contributed by atoms with Crippen LogP contribution in [0.25, 0.3) is 0 Å². The van der Waals surface area contributed by atoms with E-state index in [4.69, 9.17) is 34.8 Å². The molecule has 0 aromatic carbocycles. The summed E-state index contributed by atoms with van der Waals surface area (Å²) in [4.78, 5) is 9.83. The van der Waals surface area contributed by atoms with E-state index in [-0.39, 0.29) is 5.88 Å². The van der Waals surface area contributed by atoms with Crippen molar-refractivity contribution in [2.75, 3.05) is 5.88 Å². The smallest absolute Gasteiger partial charge is 0.139 e. The second-order valence-electron chi connectivity index (χ2n) is 1.25. The Morgan fingerprint density at radius 3 is 2.12 bits per heavy atom. The van der Waals surface area contributed by atoms with E-state index in [0.29, 0.717) is 6.29 Å². The summed E-state index contributed by atoms with van der Waals surface area (Å²) in [5.41, 5.74) is 0. The number of hydrogen-bond donors (Lipinski definition) is 0. The topological polar surface area (TPSA) is 17.1 Å². The van der Waals surface area contributed by atoms with Crippen LogP contribution >= 0.6 is 34.8 Å². The molecule has 48 valence electrons. The lowest BCUT2D eigenvalue weighted by molar-refractivity contribution is -0.107. The molecule has 0 radical (unpaired) electrons. The van der Waals surface area contributed by atoms with Gasteiger partial charge >= 0.3 is 0 Å². The van der Waals surface area contributed by atoms with E-state index in [1.54, 1.807) is 0 Å². The Hall–Kier alpha value is 0.540.